The Labute approximate surface area is 110 Å². The molecule has 1 aromatic carbocycles. The predicted octanol–water partition coefficient (Wildman–Crippen LogP) is 1.80. The Morgan fingerprint density at radius 3 is 2.63 bits per heavy atom. The highest BCUT2D eigenvalue weighted by molar-refractivity contribution is 5.87. The van der Waals surface area contributed by atoms with E-state index in [9.17, 15) is 4.79 Å². The Balaban J connectivity index is 2.43. The molecule has 0 amide bonds. The summed E-state index contributed by atoms with van der Waals surface area (Å²) in [6, 6.07) is 4.65. The van der Waals surface area contributed by atoms with Crippen LogP contribution in [0.1, 0.15) is 32.6 Å². The fourth-order valence-electron chi connectivity index (χ4n) is 1.64. The van der Waals surface area contributed by atoms with E-state index >= 15 is 0 Å². The molecule has 1 heterocycles. The zero-order valence-electron chi connectivity index (χ0n) is 11.0. The highest BCUT2D eigenvalue weighted by Crippen LogP contribution is 2.20. The largest absolute Gasteiger partial charge is 0.443 e. The number of rotatable bonds is 1. The summed E-state index contributed by atoms with van der Waals surface area (Å²) >= 11 is 0. The molecule has 0 radical (unpaired) electrons. The molecule has 0 aliphatic rings. The van der Waals surface area contributed by atoms with Crippen LogP contribution >= 0.6 is 0 Å². The van der Waals surface area contributed by atoms with Gasteiger partial charge in [0.15, 0.2) is 6.29 Å². The number of aliphatic hydroxyl groups excluding tert-OH is 1. The van der Waals surface area contributed by atoms with Gasteiger partial charge in [-0.1, -0.05) is 6.07 Å². The first-order valence-electron chi connectivity index (χ1n) is 5.84. The molecule has 2 aromatic rings. The SMILES string of the molecule is CC(C)(C)OC(=O)n1cnc2ccc(C(O)O)cc21. The summed E-state index contributed by atoms with van der Waals surface area (Å²) in [5, 5.41) is 18.3. The van der Waals surface area contributed by atoms with Crippen LogP contribution in [0, 0.1) is 0 Å². The van der Waals surface area contributed by atoms with Crippen LogP contribution in [-0.4, -0.2) is 31.5 Å². The number of benzene rings is 1. The first-order valence-corrected chi connectivity index (χ1v) is 5.84. The summed E-state index contributed by atoms with van der Waals surface area (Å²) in [6.45, 7) is 5.31. The molecule has 6 nitrogen and oxygen atoms in total. The predicted molar refractivity (Wildman–Crippen MR) is 68.5 cm³/mol. The molecule has 102 valence electrons. The van der Waals surface area contributed by atoms with Crippen LogP contribution in [0.15, 0.2) is 24.5 Å². The Morgan fingerprint density at radius 1 is 1.37 bits per heavy atom. The topological polar surface area (TPSA) is 84.6 Å². The molecule has 0 aliphatic heterocycles. The van der Waals surface area contributed by atoms with Crippen molar-refractivity contribution in [2.24, 2.45) is 0 Å². The molecular formula is C13H16N2O4. The number of nitrogens with zero attached hydrogens (tertiary/aromatic N) is 2. The minimum atomic E-state index is -1.59. The number of carbonyl (C=O) groups is 1. The van der Waals surface area contributed by atoms with Crippen LogP contribution in [-0.2, 0) is 4.74 Å². The van der Waals surface area contributed by atoms with Gasteiger partial charge in [0, 0.05) is 5.56 Å². The molecule has 1 aromatic heterocycles. The van der Waals surface area contributed by atoms with Gasteiger partial charge < -0.3 is 14.9 Å². The number of hydrogen-bond donors (Lipinski definition) is 2. The molecule has 6 heteroatoms. The summed E-state index contributed by atoms with van der Waals surface area (Å²) in [6.07, 6.45) is -0.794. The standard InChI is InChI=1S/C13H16N2O4/c1-13(2,3)19-12(18)15-7-14-9-5-4-8(11(16)17)6-10(9)15/h4-7,11,16-17H,1-3H3. The Hall–Kier alpha value is -1.92. The summed E-state index contributed by atoms with van der Waals surface area (Å²) < 4.78 is 6.49. The Morgan fingerprint density at radius 2 is 2.05 bits per heavy atom. The average molecular weight is 264 g/mol. The van der Waals surface area contributed by atoms with Crippen LogP contribution in [0.2, 0.25) is 0 Å². The first kappa shape index (κ1) is 13.5. The fraction of sp³-hybridized carbons (Fsp3) is 0.385. The number of hydrogen-bond acceptors (Lipinski definition) is 5. The van der Waals surface area contributed by atoms with E-state index in [1.807, 2.05) is 0 Å². The highest BCUT2D eigenvalue weighted by Gasteiger charge is 2.19. The van der Waals surface area contributed by atoms with Crippen molar-refractivity contribution in [3.8, 4) is 0 Å². The van der Waals surface area contributed by atoms with Crippen LogP contribution in [0.25, 0.3) is 11.0 Å². The van der Waals surface area contributed by atoms with E-state index in [2.05, 4.69) is 4.98 Å². The van der Waals surface area contributed by atoms with Gasteiger partial charge in [0.25, 0.3) is 0 Å². The molecule has 0 saturated carbocycles. The second-order valence-corrected chi connectivity index (χ2v) is 5.22. The fourth-order valence-corrected chi connectivity index (χ4v) is 1.64. The van der Waals surface area contributed by atoms with Gasteiger partial charge in [-0.05, 0) is 32.9 Å². The second-order valence-electron chi connectivity index (χ2n) is 5.22. The molecular weight excluding hydrogens is 248 g/mol. The summed E-state index contributed by atoms with van der Waals surface area (Å²) in [4.78, 5) is 16.1. The van der Waals surface area contributed by atoms with Gasteiger partial charge in [-0.25, -0.2) is 14.3 Å². The van der Waals surface area contributed by atoms with Gasteiger partial charge in [0.2, 0.25) is 0 Å². The van der Waals surface area contributed by atoms with E-state index in [0.717, 1.165) is 0 Å². The van der Waals surface area contributed by atoms with E-state index in [0.29, 0.717) is 11.0 Å². The highest BCUT2D eigenvalue weighted by atomic mass is 16.6. The monoisotopic (exact) mass is 264 g/mol. The molecule has 0 fully saturated rings. The third kappa shape index (κ3) is 2.91. The molecule has 2 rings (SSSR count). The number of aliphatic hydroxyl groups is 2. The maximum Gasteiger partial charge on any atom is 0.420 e. The van der Waals surface area contributed by atoms with Gasteiger partial charge >= 0.3 is 6.09 Å². The normalized spacial score (nSPS) is 12.1. The molecule has 0 spiro atoms. The Bertz CT molecular complexity index is 611. The third-order valence-corrected chi connectivity index (χ3v) is 2.46. The quantitative estimate of drug-likeness (QED) is 0.767. The summed E-state index contributed by atoms with van der Waals surface area (Å²) in [5.74, 6) is 0. The lowest BCUT2D eigenvalue weighted by Crippen LogP contribution is -2.26. The maximum atomic E-state index is 12.0. The maximum absolute atomic E-state index is 12.0. The first-order chi connectivity index (χ1) is 8.78. The molecule has 19 heavy (non-hydrogen) atoms. The van der Waals surface area contributed by atoms with Crippen molar-refractivity contribution in [3.05, 3.63) is 30.1 Å². The molecule has 0 saturated heterocycles. The minimum Gasteiger partial charge on any atom is -0.443 e. The minimum absolute atomic E-state index is 0.290. The third-order valence-electron chi connectivity index (χ3n) is 2.46. The van der Waals surface area contributed by atoms with Crippen molar-refractivity contribution < 1.29 is 19.7 Å². The molecule has 0 bridgehead atoms. The van der Waals surface area contributed by atoms with E-state index < -0.39 is 18.0 Å². The molecule has 0 atom stereocenters. The second kappa shape index (κ2) is 4.64. The van der Waals surface area contributed by atoms with E-state index in [1.54, 1.807) is 32.9 Å². The number of fused-ring (bicyclic) bond motifs is 1. The average Bonchev–Trinajstić information content (AvgIpc) is 2.68. The van der Waals surface area contributed by atoms with Crippen molar-refractivity contribution in [1.82, 2.24) is 9.55 Å². The smallest absolute Gasteiger partial charge is 0.420 e. The van der Waals surface area contributed by atoms with Crippen molar-refractivity contribution >= 4 is 17.1 Å². The van der Waals surface area contributed by atoms with Crippen molar-refractivity contribution in [1.29, 1.82) is 0 Å². The summed E-state index contributed by atoms with van der Waals surface area (Å²) in [5.41, 5.74) is 0.731. The van der Waals surface area contributed by atoms with Crippen LogP contribution in [0.5, 0.6) is 0 Å². The number of aromatic nitrogens is 2. The van der Waals surface area contributed by atoms with E-state index in [4.69, 9.17) is 14.9 Å². The van der Waals surface area contributed by atoms with E-state index in [1.165, 1.54) is 17.0 Å². The van der Waals surface area contributed by atoms with Gasteiger partial charge in [-0.3, -0.25) is 0 Å². The van der Waals surface area contributed by atoms with Crippen LogP contribution < -0.4 is 0 Å². The summed E-state index contributed by atoms with van der Waals surface area (Å²) in [7, 11) is 0. The van der Waals surface area contributed by atoms with Gasteiger partial charge in [0.1, 0.15) is 11.9 Å². The zero-order valence-corrected chi connectivity index (χ0v) is 11.0. The molecule has 0 aliphatic carbocycles. The van der Waals surface area contributed by atoms with Crippen LogP contribution in [0.3, 0.4) is 0 Å². The Kier molecular flexibility index (Phi) is 3.30. The van der Waals surface area contributed by atoms with Crippen molar-refractivity contribution in [3.63, 3.8) is 0 Å². The molecule has 2 N–H and O–H groups in total. The molecule has 0 unspecified atom stereocenters. The van der Waals surface area contributed by atoms with Crippen LogP contribution in [0.4, 0.5) is 4.79 Å². The lowest BCUT2D eigenvalue weighted by molar-refractivity contribution is -0.0424. The van der Waals surface area contributed by atoms with E-state index in [-0.39, 0.29) is 5.56 Å². The lowest BCUT2D eigenvalue weighted by Gasteiger charge is -2.19. The number of ether oxygens (including phenoxy) is 1. The van der Waals surface area contributed by atoms with Crippen molar-refractivity contribution in [2.75, 3.05) is 0 Å². The van der Waals surface area contributed by atoms with Gasteiger partial charge in [-0.15, -0.1) is 0 Å². The lowest BCUT2D eigenvalue weighted by atomic mass is 10.2. The van der Waals surface area contributed by atoms with Crippen molar-refractivity contribution in [2.45, 2.75) is 32.7 Å². The zero-order chi connectivity index (χ0) is 14.2. The number of imidazole rings is 1. The number of carbonyl (C=O) groups excluding carboxylic acids is 1. The van der Waals surface area contributed by atoms with Gasteiger partial charge in [0.05, 0.1) is 11.0 Å². The van der Waals surface area contributed by atoms with Gasteiger partial charge in [-0.2, -0.15) is 0 Å².